The maximum Gasteiger partial charge on any atom is 0.418 e. The molecule has 0 aliphatic rings. The molecule has 0 aromatic heterocycles. The topological polar surface area (TPSA) is 101 Å². The minimum absolute atomic E-state index is 0.163. The number of halogens is 3. The molecule has 0 fully saturated rings. The fourth-order valence-electron chi connectivity index (χ4n) is 1.33. The lowest BCUT2D eigenvalue weighted by atomic mass is 10.1. The van der Waals surface area contributed by atoms with Crippen molar-refractivity contribution in [3.8, 4) is 0 Å². The van der Waals surface area contributed by atoms with E-state index < -0.39 is 40.3 Å². The zero-order chi connectivity index (χ0) is 13.9. The number of anilines is 2. The summed E-state index contributed by atoms with van der Waals surface area (Å²) in [5, 5.41) is 21.4. The van der Waals surface area contributed by atoms with Gasteiger partial charge in [0.25, 0.3) is 5.69 Å². The first-order valence-corrected chi connectivity index (χ1v) is 4.77. The van der Waals surface area contributed by atoms with Crippen molar-refractivity contribution in [3.05, 3.63) is 27.8 Å². The van der Waals surface area contributed by atoms with Crippen LogP contribution in [0.25, 0.3) is 0 Å². The largest absolute Gasteiger partial charge is 0.418 e. The van der Waals surface area contributed by atoms with Crippen LogP contribution in [0.5, 0.6) is 0 Å². The van der Waals surface area contributed by atoms with Crippen molar-refractivity contribution < 1.29 is 23.2 Å². The van der Waals surface area contributed by atoms with Crippen LogP contribution >= 0.6 is 0 Å². The lowest BCUT2D eigenvalue weighted by Crippen LogP contribution is -2.14. The number of nitrogens with two attached hydrogens (primary N) is 1. The number of benzene rings is 1. The first-order chi connectivity index (χ1) is 8.27. The Morgan fingerprint density at radius 1 is 1.44 bits per heavy atom. The molecule has 1 aromatic carbocycles. The van der Waals surface area contributed by atoms with E-state index in [9.17, 15) is 23.3 Å². The van der Waals surface area contributed by atoms with E-state index in [-0.39, 0.29) is 6.54 Å². The molecule has 1 rings (SSSR count). The average molecular weight is 265 g/mol. The lowest BCUT2D eigenvalue weighted by molar-refractivity contribution is -0.383. The normalized spacial score (nSPS) is 11.3. The van der Waals surface area contributed by atoms with Crippen molar-refractivity contribution in [1.82, 2.24) is 0 Å². The molecule has 0 saturated heterocycles. The molecule has 0 amide bonds. The summed E-state index contributed by atoms with van der Waals surface area (Å²) in [6.45, 7) is -0.570. The number of hydrogen-bond donors (Lipinski definition) is 3. The Kier molecular flexibility index (Phi) is 3.96. The van der Waals surface area contributed by atoms with Crippen LogP contribution in [0.1, 0.15) is 5.56 Å². The van der Waals surface area contributed by atoms with E-state index in [1.807, 2.05) is 0 Å². The molecule has 0 aliphatic heterocycles. The molecule has 4 N–H and O–H groups in total. The monoisotopic (exact) mass is 265 g/mol. The zero-order valence-electron chi connectivity index (χ0n) is 8.99. The van der Waals surface area contributed by atoms with Gasteiger partial charge in [-0.15, -0.1) is 0 Å². The first-order valence-electron chi connectivity index (χ1n) is 4.77. The Hall–Kier alpha value is -2.03. The van der Waals surface area contributed by atoms with E-state index in [1.54, 1.807) is 0 Å². The van der Waals surface area contributed by atoms with Gasteiger partial charge in [-0.3, -0.25) is 10.1 Å². The van der Waals surface area contributed by atoms with Gasteiger partial charge in [0.1, 0.15) is 5.69 Å². The summed E-state index contributed by atoms with van der Waals surface area (Å²) < 4.78 is 38.0. The Bertz CT molecular complexity index is 462. The lowest BCUT2D eigenvalue weighted by Gasteiger charge is -2.14. The summed E-state index contributed by atoms with van der Waals surface area (Å²) in [6.07, 6.45) is -4.69. The maximum atomic E-state index is 12.7. The molecule has 18 heavy (non-hydrogen) atoms. The number of alkyl halides is 3. The number of nitrogen functional groups attached to an aromatic ring is 1. The Morgan fingerprint density at radius 2 is 2.06 bits per heavy atom. The molecule has 0 radical (unpaired) electrons. The third-order valence-corrected chi connectivity index (χ3v) is 2.10. The third-order valence-electron chi connectivity index (χ3n) is 2.10. The molecule has 0 spiro atoms. The first kappa shape index (κ1) is 14.0. The summed E-state index contributed by atoms with van der Waals surface area (Å²) >= 11 is 0. The summed E-state index contributed by atoms with van der Waals surface area (Å²) in [5.74, 6) is 0. The van der Waals surface area contributed by atoms with Crippen molar-refractivity contribution in [2.45, 2.75) is 6.18 Å². The SMILES string of the molecule is Nc1cc(C(F)(F)F)c(NCCO)cc1[N+](=O)[O-]. The minimum Gasteiger partial charge on any atom is -0.395 e. The number of rotatable bonds is 4. The highest BCUT2D eigenvalue weighted by molar-refractivity contribution is 5.70. The molecule has 0 unspecified atom stereocenters. The van der Waals surface area contributed by atoms with Crippen LogP contribution in [0.4, 0.5) is 30.2 Å². The van der Waals surface area contributed by atoms with Gasteiger partial charge in [0.05, 0.1) is 22.8 Å². The highest BCUT2D eigenvalue weighted by Crippen LogP contribution is 2.39. The van der Waals surface area contributed by atoms with E-state index in [4.69, 9.17) is 10.8 Å². The van der Waals surface area contributed by atoms with Gasteiger partial charge >= 0.3 is 6.18 Å². The predicted octanol–water partition coefficient (Wildman–Crippen LogP) is 1.60. The van der Waals surface area contributed by atoms with Crippen molar-refractivity contribution in [2.24, 2.45) is 0 Å². The van der Waals surface area contributed by atoms with Crippen LogP contribution in [0.2, 0.25) is 0 Å². The van der Waals surface area contributed by atoms with E-state index in [0.717, 1.165) is 0 Å². The smallest absolute Gasteiger partial charge is 0.395 e. The second-order valence-corrected chi connectivity index (χ2v) is 3.36. The van der Waals surface area contributed by atoms with Gasteiger partial charge in [-0.1, -0.05) is 0 Å². The molecule has 0 bridgehead atoms. The van der Waals surface area contributed by atoms with E-state index in [0.29, 0.717) is 12.1 Å². The number of nitro groups is 1. The average Bonchev–Trinajstić information content (AvgIpc) is 2.25. The predicted molar refractivity (Wildman–Crippen MR) is 58.1 cm³/mol. The molecule has 0 saturated carbocycles. The van der Waals surface area contributed by atoms with Gasteiger partial charge in [0, 0.05) is 12.6 Å². The van der Waals surface area contributed by atoms with Crippen LogP contribution in [-0.2, 0) is 6.18 Å². The van der Waals surface area contributed by atoms with Gasteiger partial charge in [-0.25, -0.2) is 0 Å². The second-order valence-electron chi connectivity index (χ2n) is 3.36. The van der Waals surface area contributed by atoms with E-state index >= 15 is 0 Å². The fourth-order valence-corrected chi connectivity index (χ4v) is 1.33. The summed E-state index contributed by atoms with van der Waals surface area (Å²) in [6, 6.07) is 1.20. The van der Waals surface area contributed by atoms with Crippen molar-refractivity contribution >= 4 is 17.1 Å². The van der Waals surface area contributed by atoms with Crippen LogP contribution in [0.3, 0.4) is 0 Å². The molecule has 100 valence electrons. The molecule has 1 aromatic rings. The van der Waals surface area contributed by atoms with Gasteiger partial charge in [-0.05, 0) is 6.07 Å². The summed E-state index contributed by atoms with van der Waals surface area (Å²) in [5.41, 5.74) is 2.41. The van der Waals surface area contributed by atoms with Gasteiger partial charge in [-0.2, -0.15) is 13.2 Å². The molecular formula is C9H10F3N3O3. The molecular weight excluding hydrogens is 255 g/mol. The van der Waals surface area contributed by atoms with Gasteiger partial charge in [0.2, 0.25) is 0 Å². The van der Waals surface area contributed by atoms with E-state index in [2.05, 4.69) is 5.32 Å². The Balaban J connectivity index is 3.32. The quantitative estimate of drug-likeness (QED) is 0.436. The van der Waals surface area contributed by atoms with Crippen molar-refractivity contribution in [3.63, 3.8) is 0 Å². The Morgan fingerprint density at radius 3 is 2.50 bits per heavy atom. The molecule has 0 atom stereocenters. The number of aliphatic hydroxyl groups excluding tert-OH is 1. The van der Waals surface area contributed by atoms with Gasteiger partial charge < -0.3 is 16.2 Å². The molecule has 6 nitrogen and oxygen atoms in total. The number of nitrogens with zero attached hydrogens (tertiary/aromatic N) is 1. The van der Waals surface area contributed by atoms with Crippen molar-refractivity contribution in [1.29, 1.82) is 0 Å². The van der Waals surface area contributed by atoms with Gasteiger partial charge in [0.15, 0.2) is 0 Å². The standard InChI is InChI=1S/C9H10F3N3O3/c10-9(11,12)5-3-6(13)8(15(17)18)4-7(5)14-1-2-16/h3-4,14,16H,1-2,13H2. The summed E-state index contributed by atoms with van der Waals surface area (Å²) in [4.78, 5) is 9.70. The number of nitrogens with one attached hydrogen (secondary N) is 1. The highest BCUT2D eigenvalue weighted by Gasteiger charge is 2.35. The maximum absolute atomic E-state index is 12.7. The fraction of sp³-hybridized carbons (Fsp3) is 0.333. The zero-order valence-corrected chi connectivity index (χ0v) is 8.99. The number of aliphatic hydroxyl groups is 1. The second kappa shape index (κ2) is 5.08. The molecule has 0 heterocycles. The summed E-state index contributed by atoms with van der Waals surface area (Å²) in [7, 11) is 0. The molecule has 9 heteroatoms. The van der Waals surface area contributed by atoms with Crippen LogP contribution in [0.15, 0.2) is 12.1 Å². The number of nitro benzene ring substituents is 1. The minimum atomic E-state index is -4.69. The van der Waals surface area contributed by atoms with Crippen LogP contribution in [-0.4, -0.2) is 23.2 Å². The Labute approximate surface area is 99.4 Å². The highest BCUT2D eigenvalue weighted by atomic mass is 19.4. The van der Waals surface area contributed by atoms with Crippen LogP contribution < -0.4 is 11.1 Å². The number of hydrogen-bond acceptors (Lipinski definition) is 5. The van der Waals surface area contributed by atoms with E-state index in [1.165, 1.54) is 0 Å². The third kappa shape index (κ3) is 3.00. The molecule has 0 aliphatic carbocycles. The van der Waals surface area contributed by atoms with Crippen LogP contribution in [0, 0.1) is 10.1 Å². The van der Waals surface area contributed by atoms with Crippen molar-refractivity contribution in [2.75, 3.05) is 24.2 Å².